The van der Waals surface area contributed by atoms with Gasteiger partial charge in [0.25, 0.3) is 5.78 Å². The summed E-state index contributed by atoms with van der Waals surface area (Å²) in [6.45, 7) is 4.49. The molecule has 0 aliphatic heterocycles. The average molecular weight is 297 g/mol. The minimum atomic E-state index is 0.0156. The van der Waals surface area contributed by atoms with Crippen molar-refractivity contribution >= 4 is 29.1 Å². The third-order valence-electron chi connectivity index (χ3n) is 2.90. The molecular formula is C12H17ClN6O. The van der Waals surface area contributed by atoms with Gasteiger partial charge < -0.3 is 10.6 Å². The molecule has 2 aromatic heterocycles. The van der Waals surface area contributed by atoms with Crippen LogP contribution in [0.25, 0.3) is 5.78 Å². The van der Waals surface area contributed by atoms with Gasteiger partial charge in [-0.05, 0) is 13.3 Å². The van der Waals surface area contributed by atoms with E-state index in [-0.39, 0.29) is 11.9 Å². The molecule has 2 N–H and O–H groups in total. The summed E-state index contributed by atoms with van der Waals surface area (Å²) in [6.07, 6.45) is 2.69. The molecule has 0 radical (unpaired) electrons. The molecule has 20 heavy (non-hydrogen) atoms. The summed E-state index contributed by atoms with van der Waals surface area (Å²) >= 11 is 5.90. The summed E-state index contributed by atoms with van der Waals surface area (Å²) in [5.74, 6) is 1.10. The van der Waals surface area contributed by atoms with E-state index in [0.29, 0.717) is 29.7 Å². The Balaban J connectivity index is 1.93. The number of anilines is 1. The van der Waals surface area contributed by atoms with Gasteiger partial charge in [0.1, 0.15) is 17.3 Å². The number of nitrogens with one attached hydrogen (secondary N) is 2. The molecule has 0 aromatic carbocycles. The molecule has 0 bridgehead atoms. The quantitative estimate of drug-likeness (QED) is 0.789. The Morgan fingerprint density at radius 3 is 3.10 bits per heavy atom. The average Bonchev–Trinajstić information content (AvgIpc) is 2.86. The van der Waals surface area contributed by atoms with E-state index in [9.17, 15) is 4.79 Å². The van der Waals surface area contributed by atoms with E-state index in [1.807, 2.05) is 13.8 Å². The highest BCUT2D eigenvalue weighted by Crippen LogP contribution is 2.14. The second-order valence-electron chi connectivity index (χ2n) is 4.49. The number of rotatable bonds is 6. The second kappa shape index (κ2) is 6.51. The smallest absolute Gasteiger partial charge is 0.255 e. The van der Waals surface area contributed by atoms with Crippen molar-refractivity contribution in [2.75, 3.05) is 11.9 Å². The number of hydrogen-bond acceptors (Lipinski definition) is 5. The first-order valence-electron chi connectivity index (χ1n) is 6.49. The van der Waals surface area contributed by atoms with Gasteiger partial charge in [0, 0.05) is 25.1 Å². The molecule has 7 nitrogen and oxygen atoms in total. The minimum absolute atomic E-state index is 0.0156. The van der Waals surface area contributed by atoms with Crippen LogP contribution in [0.3, 0.4) is 0 Å². The molecule has 0 saturated carbocycles. The van der Waals surface area contributed by atoms with Gasteiger partial charge in [0.05, 0.1) is 0 Å². The normalized spacial score (nSPS) is 12.3. The van der Waals surface area contributed by atoms with E-state index >= 15 is 0 Å². The minimum Gasteiger partial charge on any atom is -0.369 e. The fourth-order valence-corrected chi connectivity index (χ4v) is 1.84. The lowest BCUT2D eigenvalue weighted by Gasteiger charge is -2.12. The van der Waals surface area contributed by atoms with Crippen molar-refractivity contribution in [3.8, 4) is 0 Å². The Kier molecular flexibility index (Phi) is 4.73. The van der Waals surface area contributed by atoms with E-state index in [4.69, 9.17) is 11.6 Å². The van der Waals surface area contributed by atoms with Gasteiger partial charge in [-0.1, -0.05) is 18.5 Å². The summed E-state index contributed by atoms with van der Waals surface area (Å²) in [5, 5.41) is 10.4. The molecule has 2 heterocycles. The lowest BCUT2D eigenvalue weighted by molar-refractivity contribution is -0.121. The number of carbonyl (C=O) groups excluding carboxylic acids is 1. The van der Waals surface area contributed by atoms with Crippen LogP contribution >= 0.6 is 11.6 Å². The number of hydrogen-bond donors (Lipinski definition) is 2. The van der Waals surface area contributed by atoms with Crippen molar-refractivity contribution in [1.82, 2.24) is 24.9 Å². The maximum atomic E-state index is 11.7. The van der Waals surface area contributed by atoms with E-state index < -0.39 is 0 Å². The Hall–Kier alpha value is -1.89. The first-order chi connectivity index (χ1) is 9.60. The number of nitrogens with zero attached hydrogens (tertiary/aromatic N) is 4. The standard InChI is InChI=1S/C12H17ClN6O/c1-3-8(2)17-11(20)4-5-14-10-6-9(13)18-12-15-7-16-19(10)12/h6-8,14H,3-5H2,1-2H3,(H,17,20). The van der Waals surface area contributed by atoms with Crippen LogP contribution in [0.5, 0.6) is 0 Å². The van der Waals surface area contributed by atoms with Gasteiger partial charge in [0.15, 0.2) is 0 Å². The summed E-state index contributed by atoms with van der Waals surface area (Å²) in [5.41, 5.74) is 0. The molecule has 1 atom stereocenters. The number of aromatic nitrogens is 4. The highest BCUT2D eigenvalue weighted by Gasteiger charge is 2.08. The predicted molar refractivity (Wildman–Crippen MR) is 76.8 cm³/mol. The van der Waals surface area contributed by atoms with Crippen LogP contribution in [-0.2, 0) is 4.79 Å². The zero-order chi connectivity index (χ0) is 14.5. The van der Waals surface area contributed by atoms with E-state index in [1.54, 1.807) is 10.6 Å². The van der Waals surface area contributed by atoms with Gasteiger partial charge in [-0.2, -0.15) is 19.6 Å². The summed E-state index contributed by atoms with van der Waals surface area (Å²) in [4.78, 5) is 19.7. The van der Waals surface area contributed by atoms with Crippen LogP contribution in [0.15, 0.2) is 12.4 Å². The molecule has 0 spiro atoms. The van der Waals surface area contributed by atoms with Crippen LogP contribution in [-0.4, -0.2) is 38.1 Å². The van der Waals surface area contributed by atoms with Crippen LogP contribution in [0.4, 0.5) is 5.82 Å². The fourth-order valence-electron chi connectivity index (χ4n) is 1.66. The van der Waals surface area contributed by atoms with Crippen LogP contribution in [0, 0.1) is 0 Å². The number of amides is 1. The van der Waals surface area contributed by atoms with Crippen molar-refractivity contribution in [3.05, 3.63) is 17.5 Å². The first kappa shape index (κ1) is 14.5. The molecule has 108 valence electrons. The van der Waals surface area contributed by atoms with Crippen LogP contribution in [0.1, 0.15) is 26.7 Å². The van der Waals surface area contributed by atoms with Gasteiger partial charge in [-0.3, -0.25) is 4.79 Å². The Morgan fingerprint density at radius 1 is 1.55 bits per heavy atom. The highest BCUT2D eigenvalue weighted by molar-refractivity contribution is 6.29. The third kappa shape index (κ3) is 3.57. The zero-order valence-corrected chi connectivity index (χ0v) is 12.2. The summed E-state index contributed by atoms with van der Waals surface area (Å²) in [7, 11) is 0. The van der Waals surface area contributed by atoms with Crippen molar-refractivity contribution < 1.29 is 4.79 Å². The zero-order valence-electron chi connectivity index (χ0n) is 11.4. The molecule has 0 saturated heterocycles. The lowest BCUT2D eigenvalue weighted by atomic mass is 10.2. The molecule has 1 unspecified atom stereocenters. The van der Waals surface area contributed by atoms with Crippen LogP contribution < -0.4 is 10.6 Å². The molecule has 0 aliphatic carbocycles. The Labute approximate surface area is 121 Å². The van der Waals surface area contributed by atoms with E-state index in [1.165, 1.54) is 6.33 Å². The topological polar surface area (TPSA) is 84.2 Å². The maximum absolute atomic E-state index is 11.7. The van der Waals surface area contributed by atoms with Gasteiger partial charge in [-0.15, -0.1) is 0 Å². The van der Waals surface area contributed by atoms with Crippen molar-refractivity contribution in [2.45, 2.75) is 32.7 Å². The molecule has 1 amide bonds. The van der Waals surface area contributed by atoms with Gasteiger partial charge in [-0.25, -0.2) is 0 Å². The Bertz CT molecular complexity index is 599. The molecule has 2 rings (SSSR count). The van der Waals surface area contributed by atoms with Gasteiger partial charge in [0.2, 0.25) is 5.91 Å². The second-order valence-corrected chi connectivity index (χ2v) is 4.88. The van der Waals surface area contributed by atoms with Crippen molar-refractivity contribution in [1.29, 1.82) is 0 Å². The lowest BCUT2D eigenvalue weighted by Crippen LogP contribution is -2.33. The number of carbonyl (C=O) groups is 1. The van der Waals surface area contributed by atoms with Crippen molar-refractivity contribution in [2.24, 2.45) is 0 Å². The Morgan fingerprint density at radius 2 is 2.35 bits per heavy atom. The predicted octanol–water partition coefficient (Wildman–Crippen LogP) is 1.49. The molecule has 0 fully saturated rings. The number of fused-ring (bicyclic) bond motifs is 1. The monoisotopic (exact) mass is 296 g/mol. The SMILES string of the molecule is CCC(C)NC(=O)CCNc1cc(Cl)nc2ncnn12. The fraction of sp³-hybridized carbons (Fsp3) is 0.500. The van der Waals surface area contributed by atoms with E-state index in [2.05, 4.69) is 25.7 Å². The summed E-state index contributed by atoms with van der Waals surface area (Å²) < 4.78 is 1.54. The summed E-state index contributed by atoms with van der Waals surface area (Å²) in [6, 6.07) is 1.84. The largest absolute Gasteiger partial charge is 0.369 e. The number of halogens is 1. The van der Waals surface area contributed by atoms with Crippen LogP contribution in [0.2, 0.25) is 5.15 Å². The molecule has 8 heteroatoms. The van der Waals surface area contributed by atoms with E-state index in [0.717, 1.165) is 6.42 Å². The molecule has 0 aliphatic rings. The maximum Gasteiger partial charge on any atom is 0.255 e. The molecule has 2 aromatic rings. The first-order valence-corrected chi connectivity index (χ1v) is 6.87. The van der Waals surface area contributed by atoms with Crippen molar-refractivity contribution in [3.63, 3.8) is 0 Å². The third-order valence-corrected chi connectivity index (χ3v) is 3.09. The van der Waals surface area contributed by atoms with Gasteiger partial charge >= 0.3 is 0 Å². The molecular weight excluding hydrogens is 280 g/mol. The highest BCUT2D eigenvalue weighted by atomic mass is 35.5.